The van der Waals surface area contributed by atoms with Crippen molar-refractivity contribution < 1.29 is 9.32 Å². The summed E-state index contributed by atoms with van der Waals surface area (Å²) < 4.78 is 6.43. The van der Waals surface area contributed by atoms with E-state index < -0.39 is 0 Å². The summed E-state index contributed by atoms with van der Waals surface area (Å²) in [6, 6.07) is 7.88. The summed E-state index contributed by atoms with van der Waals surface area (Å²) in [5, 5.41) is 4.10. The molecule has 0 unspecified atom stereocenters. The molecule has 144 valence electrons. The van der Waals surface area contributed by atoms with Crippen LogP contribution in [0.4, 0.5) is 0 Å². The summed E-state index contributed by atoms with van der Waals surface area (Å²) in [4.78, 5) is 21.6. The van der Waals surface area contributed by atoms with Crippen molar-refractivity contribution >= 4 is 21.8 Å². The number of aromatic nitrogens is 2. The van der Waals surface area contributed by atoms with Gasteiger partial charge in [0.05, 0.1) is 6.54 Å². The van der Waals surface area contributed by atoms with E-state index >= 15 is 0 Å². The maximum atomic E-state index is 12.7. The van der Waals surface area contributed by atoms with Crippen molar-refractivity contribution in [1.82, 2.24) is 19.9 Å². The summed E-state index contributed by atoms with van der Waals surface area (Å²) >= 11 is 3.47. The molecular weight excluding hydrogens is 408 g/mol. The first-order chi connectivity index (χ1) is 13.2. The largest absolute Gasteiger partial charge is 0.342 e. The molecule has 2 saturated heterocycles. The lowest BCUT2D eigenvalue weighted by molar-refractivity contribution is -0.138. The first-order valence-corrected chi connectivity index (χ1v) is 10.6. The lowest BCUT2D eigenvalue weighted by Gasteiger charge is -2.35. The first kappa shape index (κ1) is 18.6. The second-order valence-electron chi connectivity index (χ2n) is 7.46. The second kappa shape index (κ2) is 8.52. The third-order valence-electron chi connectivity index (χ3n) is 5.51. The van der Waals surface area contributed by atoms with E-state index in [4.69, 9.17) is 4.52 Å². The third kappa shape index (κ3) is 4.58. The molecule has 2 aliphatic heterocycles. The van der Waals surface area contributed by atoms with Crippen LogP contribution in [0.15, 0.2) is 33.3 Å². The number of likely N-dealkylation sites (tertiary alicyclic amines) is 2. The summed E-state index contributed by atoms with van der Waals surface area (Å²) in [5.41, 5.74) is 0.935. The molecule has 1 amide bonds. The zero-order chi connectivity index (χ0) is 18.6. The molecule has 0 atom stereocenters. The molecular formula is C20H25BrN4O2. The van der Waals surface area contributed by atoms with Crippen LogP contribution in [0, 0.1) is 5.92 Å². The molecule has 1 aromatic carbocycles. The Morgan fingerprint density at radius 3 is 2.67 bits per heavy atom. The maximum Gasteiger partial charge on any atom is 0.241 e. The number of nitrogens with zero attached hydrogens (tertiary/aromatic N) is 4. The van der Waals surface area contributed by atoms with Gasteiger partial charge in [-0.3, -0.25) is 9.69 Å². The van der Waals surface area contributed by atoms with Crippen LogP contribution >= 0.6 is 15.9 Å². The first-order valence-electron chi connectivity index (χ1n) is 9.79. The van der Waals surface area contributed by atoms with Crippen molar-refractivity contribution in [3.63, 3.8) is 0 Å². The van der Waals surface area contributed by atoms with Gasteiger partial charge in [0, 0.05) is 29.0 Å². The van der Waals surface area contributed by atoms with Gasteiger partial charge < -0.3 is 9.42 Å². The van der Waals surface area contributed by atoms with Crippen LogP contribution in [0.3, 0.4) is 0 Å². The minimum Gasteiger partial charge on any atom is -0.342 e. The number of amides is 1. The summed E-state index contributed by atoms with van der Waals surface area (Å²) in [6.07, 6.45) is 5.41. The molecule has 0 saturated carbocycles. The van der Waals surface area contributed by atoms with Crippen molar-refractivity contribution in [2.24, 2.45) is 5.92 Å². The average Bonchev–Trinajstić information content (AvgIpc) is 3.17. The molecule has 1 aromatic heterocycles. The number of carbonyl (C=O) groups is 1. The minimum atomic E-state index is 0.180. The van der Waals surface area contributed by atoms with Gasteiger partial charge in [-0.05, 0) is 57.3 Å². The van der Waals surface area contributed by atoms with Crippen LogP contribution in [-0.4, -0.2) is 52.0 Å². The van der Waals surface area contributed by atoms with Crippen LogP contribution in [-0.2, 0) is 11.3 Å². The Bertz CT molecular complexity index is 780. The molecule has 27 heavy (non-hydrogen) atoms. The molecule has 0 spiro atoms. The fourth-order valence-corrected chi connectivity index (χ4v) is 4.36. The van der Waals surface area contributed by atoms with Gasteiger partial charge in [-0.2, -0.15) is 4.98 Å². The van der Waals surface area contributed by atoms with E-state index in [1.807, 2.05) is 24.3 Å². The van der Waals surface area contributed by atoms with E-state index in [1.54, 1.807) is 0 Å². The number of hydrogen-bond acceptors (Lipinski definition) is 5. The van der Waals surface area contributed by atoms with Gasteiger partial charge in [0.15, 0.2) is 0 Å². The molecule has 6 nitrogen and oxygen atoms in total. The molecule has 2 aromatic rings. The maximum absolute atomic E-state index is 12.7. The SMILES string of the molecule is O=C(C1CCN(Cc2nc(-c3cccc(Br)c3)no2)CC1)N1CCCCC1. The lowest BCUT2D eigenvalue weighted by atomic mass is 9.94. The predicted octanol–water partition coefficient (Wildman–Crippen LogP) is 3.72. The standard InChI is InChI=1S/C20H25BrN4O2/c21-17-6-4-5-16(13-17)19-22-18(27-23-19)14-24-11-7-15(8-12-24)20(26)25-9-2-1-3-10-25/h4-6,13,15H,1-3,7-12,14H2. The van der Waals surface area contributed by atoms with E-state index in [-0.39, 0.29) is 5.92 Å². The highest BCUT2D eigenvalue weighted by Gasteiger charge is 2.29. The number of benzene rings is 1. The number of rotatable bonds is 4. The average molecular weight is 433 g/mol. The van der Waals surface area contributed by atoms with Gasteiger partial charge in [0.25, 0.3) is 0 Å². The van der Waals surface area contributed by atoms with E-state index in [0.29, 0.717) is 24.2 Å². The molecule has 0 N–H and O–H groups in total. The Labute approximate surface area is 168 Å². The number of halogens is 1. The molecule has 4 rings (SSSR count). The van der Waals surface area contributed by atoms with Gasteiger partial charge in [0.1, 0.15) is 0 Å². The molecule has 0 bridgehead atoms. The normalized spacial score (nSPS) is 19.4. The quantitative estimate of drug-likeness (QED) is 0.736. The third-order valence-corrected chi connectivity index (χ3v) is 6.01. The molecule has 0 radical (unpaired) electrons. The van der Waals surface area contributed by atoms with Crippen LogP contribution in [0.25, 0.3) is 11.4 Å². The predicted molar refractivity (Wildman–Crippen MR) is 106 cm³/mol. The fraction of sp³-hybridized carbons (Fsp3) is 0.550. The van der Waals surface area contributed by atoms with Crippen molar-refractivity contribution in [3.05, 3.63) is 34.6 Å². The van der Waals surface area contributed by atoms with E-state index in [2.05, 4.69) is 35.9 Å². The smallest absolute Gasteiger partial charge is 0.241 e. The molecule has 3 heterocycles. The van der Waals surface area contributed by atoms with Gasteiger partial charge in [-0.1, -0.05) is 33.2 Å². The van der Waals surface area contributed by atoms with Crippen molar-refractivity contribution in [3.8, 4) is 11.4 Å². The zero-order valence-corrected chi connectivity index (χ0v) is 17.0. The van der Waals surface area contributed by atoms with Gasteiger partial charge in [0.2, 0.25) is 17.6 Å². The second-order valence-corrected chi connectivity index (χ2v) is 8.37. The Morgan fingerprint density at radius 1 is 1.15 bits per heavy atom. The van der Waals surface area contributed by atoms with E-state index in [0.717, 1.165) is 61.9 Å². The van der Waals surface area contributed by atoms with E-state index in [1.165, 1.54) is 6.42 Å². The molecule has 2 aliphatic rings. The summed E-state index contributed by atoms with van der Waals surface area (Å²) in [7, 11) is 0. The van der Waals surface area contributed by atoms with Crippen molar-refractivity contribution in [2.45, 2.75) is 38.6 Å². The lowest BCUT2D eigenvalue weighted by Crippen LogP contribution is -2.44. The summed E-state index contributed by atoms with van der Waals surface area (Å²) in [5.74, 6) is 1.79. The van der Waals surface area contributed by atoms with Gasteiger partial charge >= 0.3 is 0 Å². The van der Waals surface area contributed by atoms with Crippen LogP contribution in [0.5, 0.6) is 0 Å². The molecule has 7 heteroatoms. The Hall–Kier alpha value is -1.73. The molecule has 0 aliphatic carbocycles. The van der Waals surface area contributed by atoms with Crippen molar-refractivity contribution in [1.29, 1.82) is 0 Å². The summed E-state index contributed by atoms with van der Waals surface area (Å²) in [6.45, 7) is 4.34. The number of piperidine rings is 2. The Kier molecular flexibility index (Phi) is 5.88. The van der Waals surface area contributed by atoms with Crippen LogP contribution in [0.2, 0.25) is 0 Å². The zero-order valence-electron chi connectivity index (χ0n) is 15.4. The topological polar surface area (TPSA) is 62.5 Å². The van der Waals surface area contributed by atoms with Crippen LogP contribution < -0.4 is 0 Å². The van der Waals surface area contributed by atoms with Gasteiger partial charge in [-0.15, -0.1) is 0 Å². The Balaban J connectivity index is 1.30. The Morgan fingerprint density at radius 2 is 1.93 bits per heavy atom. The highest BCUT2D eigenvalue weighted by molar-refractivity contribution is 9.10. The van der Waals surface area contributed by atoms with Crippen LogP contribution in [0.1, 0.15) is 38.0 Å². The number of carbonyl (C=O) groups excluding carboxylic acids is 1. The highest BCUT2D eigenvalue weighted by atomic mass is 79.9. The van der Waals surface area contributed by atoms with Crippen molar-refractivity contribution in [2.75, 3.05) is 26.2 Å². The van der Waals surface area contributed by atoms with E-state index in [9.17, 15) is 4.79 Å². The monoisotopic (exact) mass is 432 g/mol. The molecule has 2 fully saturated rings. The fourth-order valence-electron chi connectivity index (χ4n) is 3.97. The number of hydrogen-bond donors (Lipinski definition) is 0. The highest BCUT2D eigenvalue weighted by Crippen LogP contribution is 2.24. The minimum absolute atomic E-state index is 0.180. The van der Waals surface area contributed by atoms with Gasteiger partial charge in [-0.25, -0.2) is 0 Å².